The van der Waals surface area contributed by atoms with Crippen LogP contribution in [-0.4, -0.2) is 42.0 Å². The van der Waals surface area contributed by atoms with E-state index < -0.39 is 0 Å². The predicted octanol–water partition coefficient (Wildman–Crippen LogP) is 2.77. The average molecular weight is 294 g/mol. The molecule has 1 aliphatic rings. The number of rotatable bonds is 5. The van der Waals surface area contributed by atoms with E-state index in [9.17, 15) is 0 Å². The summed E-state index contributed by atoms with van der Waals surface area (Å²) in [5.41, 5.74) is 0.450. The Morgan fingerprint density at radius 2 is 2.40 bits per heavy atom. The molecule has 20 heavy (non-hydrogen) atoms. The molecule has 1 atom stereocenters. The Morgan fingerprint density at radius 3 is 3.00 bits per heavy atom. The van der Waals surface area contributed by atoms with E-state index in [0.717, 1.165) is 38.6 Å². The van der Waals surface area contributed by atoms with Gasteiger partial charge in [-0.05, 0) is 25.2 Å². The molecule has 112 valence electrons. The minimum absolute atomic E-state index is 0.450. The minimum atomic E-state index is 0.450. The van der Waals surface area contributed by atoms with Crippen molar-refractivity contribution >= 4 is 17.3 Å². The van der Waals surface area contributed by atoms with Gasteiger partial charge in [0.15, 0.2) is 5.96 Å². The zero-order valence-corrected chi connectivity index (χ0v) is 13.7. The molecule has 1 saturated heterocycles. The van der Waals surface area contributed by atoms with Crippen LogP contribution in [0.1, 0.15) is 38.6 Å². The molecule has 0 bridgehead atoms. The van der Waals surface area contributed by atoms with Crippen molar-refractivity contribution < 1.29 is 0 Å². The maximum absolute atomic E-state index is 4.77. The smallest absolute Gasteiger partial charge is 0.193 e. The molecule has 1 aliphatic heterocycles. The topological polar surface area (TPSA) is 40.5 Å². The summed E-state index contributed by atoms with van der Waals surface area (Å²) in [4.78, 5) is 11.5. The van der Waals surface area contributed by atoms with E-state index >= 15 is 0 Å². The number of aromatic nitrogens is 1. The van der Waals surface area contributed by atoms with Crippen molar-refractivity contribution in [3.63, 3.8) is 0 Å². The summed E-state index contributed by atoms with van der Waals surface area (Å²) >= 11 is 1.71. The van der Waals surface area contributed by atoms with Crippen molar-refractivity contribution in [3.05, 3.63) is 16.6 Å². The molecule has 0 aromatic carbocycles. The normalized spacial score (nSPS) is 23.4. The Hall–Kier alpha value is -1.10. The second kappa shape index (κ2) is 7.07. The van der Waals surface area contributed by atoms with Crippen LogP contribution in [0.25, 0.3) is 0 Å². The monoisotopic (exact) mass is 294 g/mol. The molecule has 0 amide bonds. The molecule has 0 aliphatic carbocycles. The first-order chi connectivity index (χ1) is 9.67. The van der Waals surface area contributed by atoms with Crippen LogP contribution in [0.2, 0.25) is 0 Å². The fourth-order valence-electron chi connectivity index (χ4n) is 2.55. The third-order valence-corrected chi connectivity index (χ3v) is 4.96. The highest BCUT2D eigenvalue weighted by Crippen LogP contribution is 2.32. The van der Waals surface area contributed by atoms with Crippen molar-refractivity contribution in [2.75, 3.05) is 26.2 Å². The fourth-order valence-corrected chi connectivity index (χ4v) is 3.16. The number of aliphatic imine (C=N–C) groups is 1. The van der Waals surface area contributed by atoms with Crippen molar-refractivity contribution in [2.24, 2.45) is 10.4 Å². The number of guanidine groups is 1. The van der Waals surface area contributed by atoms with Gasteiger partial charge in [-0.15, -0.1) is 11.3 Å². The van der Waals surface area contributed by atoms with E-state index in [1.807, 2.05) is 11.6 Å². The van der Waals surface area contributed by atoms with E-state index in [2.05, 4.69) is 36.0 Å². The molecular weight excluding hydrogens is 268 g/mol. The van der Waals surface area contributed by atoms with Gasteiger partial charge in [0, 0.05) is 44.2 Å². The Labute approximate surface area is 126 Å². The summed E-state index contributed by atoms with van der Waals surface area (Å²) in [6.45, 7) is 10.8. The molecule has 1 fully saturated rings. The van der Waals surface area contributed by atoms with Crippen LogP contribution in [0, 0.1) is 5.41 Å². The Morgan fingerprint density at radius 1 is 1.55 bits per heavy atom. The highest BCUT2D eigenvalue weighted by molar-refractivity contribution is 7.09. The van der Waals surface area contributed by atoms with Crippen molar-refractivity contribution in [1.29, 1.82) is 0 Å². The Kier molecular flexibility index (Phi) is 5.40. The Balaban J connectivity index is 1.92. The number of nitrogens with one attached hydrogen (secondary N) is 1. The molecule has 1 aromatic rings. The van der Waals surface area contributed by atoms with Gasteiger partial charge in [0.1, 0.15) is 0 Å². The molecule has 1 N–H and O–H groups in total. The molecule has 5 heteroatoms. The van der Waals surface area contributed by atoms with Crippen molar-refractivity contribution in [1.82, 2.24) is 15.2 Å². The van der Waals surface area contributed by atoms with Gasteiger partial charge >= 0.3 is 0 Å². The van der Waals surface area contributed by atoms with Crippen LogP contribution in [0.15, 0.2) is 16.6 Å². The standard InChI is InChI=1S/C15H26N4S/c1-4-15(3)7-10-19(12-15)14(16-5-2)18-8-6-13-17-9-11-20-13/h9,11H,4-8,10,12H2,1-3H3,(H,16,18). The zero-order valence-electron chi connectivity index (χ0n) is 12.9. The lowest BCUT2D eigenvalue weighted by Crippen LogP contribution is -2.41. The highest BCUT2D eigenvalue weighted by atomic mass is 32.1. The SMILES string of the molecule is CCNC(=NCCc1nccs1)N1CCC(C)(CC)C1. The highest BCUT2D eigenvalue weighted by Gasteiger charge is 2.33. The first-order valence-corrected chi connectivity index (χ1v) is 8.46. The van der Waals surface area contributed by atoms with Gasteiger partial charge in [0.25, 0.3) is 0 Å². The minimum Gasteiger partial charge on any atom is -0.357 e. The summed E-state index contributed by atoms with van der Waals surface area (Å²) in [7, 11) is 0. The average Bonchev–Trinajstić information content (AvgIpc) is 3.08. The maximum atomic E-state index is 4.77. The molecule has 2 rings (SSSR count). The predicted molar refractivity (Wildman–Crippen MR) is 86.4 cm³/mol. The van der Waals surface area contributed by atoms with Gasteiger partial charge in [-0.3, -0.25) is 4.99 Å². The van der Waals surface area contributed by atoms with Gasteiger partial charge in [-0.2, -0.15) is 0 Å². The van der Waals surface area contributed by atoms with Gasteiger partial charge < -0.3 is 10.2 Å². The molecule has 0 radical (unpaired) electrons. The van der Waals surface area contributed by atoms with E-state index in [4.69, 9.17) is 4.99 Å². The summed E-state index contributed by atoms with van der Waals surface area (Å²) in [6, 6.07) is 0. The molecule has 4 nitrogen and oxygen atoms in total. The first kappa shape index (κ1) is 15.3. The lowest BCUT2D eigenvalue weighted by molar-refractivity contribution is 0.322. The summed E-state index contributed by atoms with van der Waals surface area (Å²) in [5, 5.41) is 6.62. The molecule has 1 aromatic heterocycles. The number of nitrogens with zero attached hydrogens (tertiary/aromatic N) is 3. The first-order valence-electron chi connectivity index (χ1n) is 7.58. The third-order valence-electron chi connectivity index (χ3n) is 4.12. The molecule has 1 unspecified atom stereocenters. The lowest BCUT2D eigenvalue weighted by Gasteiger charge is -2.25. The quantitative estimate of drug-likeness (QED) is 0.670. The van der Waals surface area contributed by atoms with Gasteiger partial charge in [-0.25, -0.2) is 4.98 Å². The van der Waals surface area contributed by atoms with Crippen LogP contribution < -0.4 is 5.32 Å². The van der Waals surface area contributed by atoms with Gasteiger partial charge in [0.05, 0.1) is 5.01 Å². The Bertz CT molecular complexity index is 429. The fraction of sp³-hybridized carbons (Fsp3) is 0.733. The van der Waals surface area contributed by atoms with E-state index in [0.29, 0.717) is 5.41 Å². The molecule has 0 saturated carbocycles. The van der Waals surface area contributed by atoms with Crippen LogP contribution in [-0.2, 0) is 6.42 Å². The summed E-state index contributed by atoms with van der Waals surface area (Å²) < 4.78 is 0. The van der Waals surface area contributed by atoms with Gasteiger partial charge in [0.2, 0.25) is 0 Å². The maximum Gasteiger partial charge on any atom is 0.193 e. The number of hydrogen-bond acceptors (Lipinski definition) is 3. The number of hydrogen-bond donors (Lipinski definition) is 1. The summed E-state index contributed by atoms with van der Waals surface area (Å²) in [5.74, 6) is 1.07. The number of thiazole rings is 1. The zero-order chi connectivity index (χ0) is 14.4. The lowest BCUT2D eigenvalue weighted by atomic mass is 9.87. The van der Waals surface area contributed by atoms with Crippen molar-refractivity contribution in [2.45, 2.75) is 40.0 Å². The molecule has 2 heterocycles. The van der Waals surface area contributed by atoms with E-state index in [1.54, 1.807) is 11.3 Å². The largest absolute Gasteiger partial charge is 0.357 e. The van der Waals surface area contributed by atoms with Crippen LogP contribution in [0.5, 0.6) is 0 Å². The molecule has 0 spiro atoms. The second-order valence-electron chi connectivity index (χ2n) is 5.75. The van der Waals surface area contributed by atoms with E-state index in [-0.39, 0.29) is 0 Å². The third kappa shape index (κ3) is 3.95. The molecular formula is C15H26N4S. The van der Waals surface area contributed by atoms with Crippen LogP contribution >= 0.6 is 11.3 Å². The van der Waals surface area contributed by atoms with E-state index in [1.165, 1.54) is 17.8 Å². The number of likely N-dealkylation sites (tertiary alicyclic amines) is 1. The second-order valence-corrected chi connectivity index (χ2v) is 6.73. The van der Waals surface area contributed by atoms with Crippen LogP contribution in [0.4, 0.5) is 0 Å². The van der Waals surface area contributed by atoms with Gasteiger partial charge in [-0.1, -0.05) is 13.8 Å². The van der Waals surface area contributed by atoms with Crippen LogP contribution in [0.3, 0.4) is 0 Å². The summed E-state index contributed by atoms with van der Waals surface area (Å²) in [6.07, 6.45) is 5.30. The van der Waals surface area contributed by atoms with Crippen molar-refractivity contribution in [3.8, 4) is 0 Å².